The molecule has 1 heterocycles. The zero-order valence-corrected chi connectivity index (χ0v) is 14.7. The fourth-order valence-electron chi connectivity index (χ4n) is 2.54. The number of halogens is 2. The largest absolute Gasteiger partial charge is 0.326 e. The van der Waals surface area contributed by atoms with Crippen molar-refractivity contribution in [2.24, 2.45) is 11.7 Å². The molecule has 1 saturated heterocycles. The molecule has 0 spiro atoms. The summed E-state index contributed by atoms with van der Waals surface area (Å²) in [6, 6.07) is 1.52. The monoisotopic (exact) mass is 350 g/mol. The van der Waals surface area contributed by atoms with E-state index in [0.29, 0.717) is 35.2 Å². The van der Waals surface area contributed by atoms with E-state index < -0.39 is 10.0 Å². The molecule has 2 atom stereocenters. The highest BCUT2D eigenvalue weighted by Gasteiger charge is 2.35. The Morgan fingerprint density at radius 2 is 1.95 bits per heavy atom. The zero-order valence-electron chi connectivity index (χ0n) is 12.4. The van der Waals surface area contributed by atoms with Gasteiger partial charge in [-0.2, -0.15) is 4.31 Å². The van der Waals surface area contributed by atoms with Gasteiger partial charge in [-0.1, -0.05) is 30.1 Å². The van der Waals surface area contributed by atoms with Crippen LogP contribution in [0.4, 0.5) is 0 Å². The van der Waals surface area contributed by atoms with Gasteiger partial charge in [-0.3, -0.25) is 0 Å². The van der Waals surface area contributed by atoms with Gasteiger partial charge in [-0.05, 0) is 43.4 Å². The maximum absolute atomic E-state index is 12.9. The molecule has 0 bridgehead atoms. The summed E-state index contributed by atoms with van der Waals surface area (Å²) in [5.41, 5.74) is 7.15. The molecule has 21 heavy (non-hydrogen) atoms. The normalized spacial score (nSPS) is 24.3. The molecule has 1 aliphatic heterocycles. The molecule has 0 radical (unpaired) electrons. The maximum Gasteiger partial charge on any atom is 0.244 e. The minimum atomic E-state index is -3.69. The molecule has 0 amide bonds. The van der Waals surface area contributed by atoms with Crippen molar-refractivity contribution >= 4 is 33.2 Å². The average molecular weight is 351 g/mol. The smallest absolute Gasteiger partial charge is 0.244 e. The van der Waals surface area contributed by atoms with E-state index in [-0.39, 0.29) is 16.0 Å². The molecule has 2 N–H and O–H groups in total. The van der Waals surface area contributed by atoms with Crippen molar-refractivity contribution in [2.45, 2.75) is 38.1 Å². The van der Waals surface area contributed by atoms with Gasteiger partial charge in [-0.25, -0.2) is 8.42 Å². The molecule has 2 unspecified atom stereocenters. The predicted molar refractivity (Wildman–Crippen MR) is 86.5 cm³/mol. The number of rotatable bonds is 2. The van der Waals surface area contributed by atoms with E-state index in [0.717, 1.165) is 6.42 Å². The Morgan fingerprint density at radius 3 is 2.52 bits per heavy atom. The lowest BCUT2D eigenvalue weighted by Gasteiger charge is -2.34. The van der Waals surface area contributed by atoms with Crippen LogP contribution in [0.3, 0.4) is 0 Å². The molecule has 2 rings (SSSR count). The number of nitrogens with zero attached hydrogens (tertiary/aromatic N) is 1. The highest BCUT2D eigenvalue weighted by Crippen LogP contribution is 2.36. The molecule has 4 nitrogen and oxygen atoms in total. The first-order valence-corrected chi connectivity index (χ1v) is 9.06. The zero-order chi connectivity index (χ0) is 15.9. The van der Waals surface area contributed by atoms with Gasteiger partial charge in [0.1, 0.15) is 4.90 Å². The first-order chi connectivity index (χ1) is 9.66. The van der Waals surface area contributed by atoms with Gasteiger partial charge >= 0.3 is 0 Å². The van der Waals surface area contributed by atoms with Crippen molar-refractivity contribution in [3.63, 3.8) is 0 Å². The number of piperidine rings is 1. The SMILES string of the molecule is Cc1cc(Cl)c(C)c(S(=O)(=O)N2CCC(C)C(N)C2)c1Cl. The number of hydrogen-bond donors (Lipinski definition) is 1. The van der Waals surface area contributed by atoms with Crippen molar-refractivity contribution in [1.82, 2.24) is 4.31 Å². The van der Waals surface area contributed by atoms with Crippen molar-refractivity contribution in [2.75, 3.05) is 13.1 Å². The van der Waals surface area contributed by atoms with Gasteiger partial charge in [0, 0.05) is 24.2 Å². The quantitative estimate of drug-likeness (QED) is 0.891. The summed E-state index contributed by atoms with van der Waals surface area (Å²) in [5.74, 6) is 0.314. The lowest BCUT2D eigenvalue weighted by Crippen LogP contribution is -2.49. The fraction of sp³-hybridized carbons (Fsp3) is 0.571. The van der Waals surface area contributed by atoms with Crippen LogP contribution in [0.5, 0.6) is 0 Å². The first-order valence-electron chi connectivity index (χ1n) is 6.87. The number of nitrogens with two attached hydrogens (primary N) is 1. The number of sulfonamides is 1. The highest BCUT2D eigenvalue weighted by atomic mass is 35.5. The summed E-state index contributed by atoms with van der Waals surface area (Å²) in [4.78, 5) is 0.107. The molecular formula is C14H20Cl2N2O2S. The highest BCUT2D eigenvalue weighted by molar-refractivity contribution is 7.89. The lowest BCUT2D eigenvalue weighted by molar-refractivity contribution is 0.253. The van der Waals surface area contributed by atoms with Gasteiger partial charge in [0.15, 0.2) is 0 Å². The summed E-state index contributed by atoms with van der Waals surface area (Å²) in [6.45, 7) is 6.23. The lowest BCUT2D eigenvalue weighted by atomic mass is 9.96. The molecule has 0 aliphatic carbocycles. The minimum Gasteiger partial charge on any atom is -0.326 e. The van der Waals surface area contributed by atoms with Crippen LogP contribution in [0.15, 0.2) is 11.0 Å². The predicted octanol–water partition coefficient (Wildman–Crippen LogP) is 2.97. The Hall–Kier alpha value is -0.330. The van der Waals surface area contributed by atoms with E-state index in [9.17, 15) is 8.42 Å². The van der Waals surface area contributed by atoms with Crippen molar-refractivity contribution in [1.29, 1.82) is 0 Å². The molecule has 118 valence electrons. The third kappa shape index (κ3) is 3.08. The van der Waals surface area contributed by atoms with E-state index >= 15 is 0 Å². The summed E-state index contributed by atoms with van der Waals surface area (Å²) >= 11 is 12.4. The third-order valence-electron chi connectivity index (χ3n) is 4.16. The summed E-state index contributed by atoms with van der Waals surface area (Å²) in [7, 11) is -3.69. The van der Waals surface area contributed by atoms with Crippen LogP contribution in [-0.2, 0) is 10.0 Å². The second-order valence-corrected chi connectivity index (χ2v) is 8.40. The first kappa shape index (κ1) is 17.0. The Morgan fingerprint density at radius 1 is 1.33 bits per heavy atom. The topological polar surface area (TPSA) is 63.4 Å². The molecule has 7 heteroatoms. The molecule has 0 aromatic heterocycles. The van der Waals surface area contributed by atoms with Crippen LogP contribution in [0, 0.1) is 19.8 Å². The van der Waals surface area contributed by atoms with Crippen LogP contribution in [-0.4, -0.2) is 31.9 Å². The Bertz CT molecular complexity index is 635. The van der Waals surface area contributed by atoms with E-state index in [1.165, 1.54) is 4.31 Å². The van der Waals surface area contributed by atoms with Crippen LogP contribution >= 0.6 is 23.2 Å². The Balaban J connectivity index is 2.51. The molecule has 1 aliphatic rings. The van der Waals surface area contributed by atoms with Gasteiger partial charge in [0.05, 0.1) is 5.02 Å². The van der Waals surface area contributed by atoms with Crippen LogP contribution in [0.1, 0.15) is 24.5 Å². The summed E-state index contributed by atoms with van der Waals surface area (Å²) in [6.07, 6.45) is 0.747. The Kier molecular flexibility index (Phi) is 4.90. The van der Waals surface area contributed by atoms with Gasteiger partial charge < -0.3 is 5.73 Å². The second-order valence-electron chi connectivity index (χ2n) is 5.74. The Labute approximate surface area is 136 Å². The van der Waals surface area contributed by atoms with Crippen molar-refractivity contribution in [3.8, 4) is 0 Å². The maximum atomic E-state index is 12.9. The van der Waals surface area contributed by atoms with Gasteiger partial charge in [0.2, 0.25) is 10.0 Å². The van der Waals surface area contributed by atoms with Crippen molar-refractivity contribution in [3.05, 3.63) is 27.2 Å². The molecular weight excluding hydrogens is 331 g/mol. The summed E-state index contributed by atoms with van der Waals surface area (Å²) < 4.78 is 27.2. The van der Waals surface area contributed by atoms with Crippen LogP contribution < -0.4 is 5.73 Å². The molecule has 1 aromatic carbocycles. The van der Waals surface area contributed by atoms with Gasteiger partial charge in [0.25, 0.3) is 0 Å². The van der Waals surface area contributed by atoms with E-state index in [4.69, 9.17) is 28.9 Å². The number of benzene rings is 1. The average Bonchev–Trinajstić information content (AvgIpc) is 2.39. The summed E-state index contributed by atoms with van der Waals surface area (Å²) in [5, 5.41) is 0.647. The minimum absolute atomic E-state index is 0.107. The standard InChI is InChI=1S/C14H20Cl2N2O2S/c1-8-4-5-18(7-12(8)17)21(19,20)14-10(3)11(15)6-9(2)13(14)16/h6,8,12H,4-5,7,17H2,1-3H3. The van der Waals surface area contributed by atoms with Crippen LogP contribution in [0.2, 0.25) is 10.0 Å². The van der Waals surface area contributed by atoms with Crippen molar-refractivity contribution < 1.29 is 8.42 Å². The third-order valence-corrected chi connectivity index (χ3v) is 7.19. The molecule has 1 fully saturated rings. The molecule has 0 saturated carbocycles. The number of aryl methyl sites for hydroxylation is 1. The number of hydrogen-bond acceptors (Lipinski definition) is 3. The van der Waals surface area contributed by atoms with Crippen LogP contribution in [0.25, 0.3) is 0 Å². The second kappa shape index (κ2) is 6.05. The fourth-order valence-corrected chi connectivity index (χ4v) is 5.20. The molecule has 1 aromatic rings. The van der Waals surface area contributed by atoms with E-state index in [2.05, 4.69) is 0 Å². The van der Waals surface area contributed by atoms with E-state index in [1.54, 1.807) is 19.9 Å². The van der Waals surface area contributed by atoms with Gasteiger partial charge in [-0.15, -0.1) is 0 Å². The van der Waals surface area contributed by atoms with E-state index in [1.807, 2.05) is 6.92 Å².